The number of fused-ring (bicyclic) bond motifs is 1. The van der Waals surface area contributed by atoms with Gasteiger partial charge in [-0.15, -0.1) is 0 Å². The van der Waals surface area contributed by atoms with Crippen LogP contribution in [0.3, 0.4) is 0 Å². The molecule has 5 nitrogen and oxygen atoms in total. The number of nitrogens with zero attached hydrogens (tertiary/aromatic N) is 1. The normalized spacial score (nSPS) is 10.9. The molecule has 2 heterocycles. The van der Waals surface area contributed by atoms with Gasteiger partial charge in [0.25, 0.3) is 5.56 Å². The Morgan fingerprint density at radius 2 is 1.82 bits per heavy atom. The number of aromatic nitrogens is 1. The van der Waals surface area contributed by atoms with Crippen molar-refractivity contribution in [3.63, 3.8) is 0 Å². The van der Waals surface area contributed by atoms with Crippen LogP contribution in [0.1, 0.15) is 5.69 Å². The van der Waals surface area contributed by atoms with Gasteiger partial charge >= 0.3 is 0 Å². The van der Waals surface area contributed by atoms with Gasteiger partial charge in [0.05, 0.1) is 23.3 Å². The van der Waals surface area contributed by atoms with Gasteiger partial charge in [-0.3, -0.25) is 9.59 Å². The quantitative estimate of drug-likeness (QED) is 0.703. The molecule has 2 aromatic heterocycles. The van der Waals surface area contributed by atoms with Gasteiger partial charge in [0.2, 0.25) is 0 Å². The van der Waals surface area contributed by atoms with Crippen LogP contribution in [0.5, 0.6) is 5.75 Å². The van der Waals surface area contributed by atoms with Crippen LogP contribution >= 0.6 is 16.1 Å². The summed E-state index contributed by atoms with van der Waals surface area (Å²) in [7, 11) is 1.58. The van der Waals surface area contributed by atoms with Crippen molar-refractivity contribution in [2.75, 3.05) is 7.11 Å². The van der Waals surface area contributed by atoms with Crippen LogP contribution in [0.15, 0.2) is 50.4 Å². The molecular formula is C16H12BrNO4. The Morgan fingerprint density at radius 1 is 1.14 bits per heavy atom. The van der Waals surface area contributed by atoms with Gasteiger partial charge in [-0.05, 0) is 31.2 Å². The van der Waals surface area contributed by atoms with E-state index in [0.29, 0.717) is 17.2 Å². The fourth-order valence-electron chi connectivity index (χ4n) is 2.23. The number of pyridine rings is 1. The molecule has 0 spiro atoms. The van der Waals surface area contributed by atoms with Crippen molar-refractivity contribution in [3.8, 4) is 17.1 Å². The Hall–Kier alpha value is -2.34. The van der Waals surface area contributed by atoms with E-state index < -0.39 is 5.56 Å². The highest BCUT2D eigenvalue weighted by atomic mass is 79.9. The van der Waals surface area contributed by atoms with Crippen LogP contribution < -0.4 is 15.7 Å². The molecule has 0 amide bonds. The standard InChI is InChI=1S/C16H12BrNO4/c1-9-7-14-15(16(20)18(9)17)12(19)8-13(22-14)10-3-5-11(21-2)6-4-10/h3-8H,1-2H3. The first-order valence-electron chi connectivity index (χ1n) is 6.52. The van der Waals surface area contributed by atoms with Crippen LogP contribution in [-0.2, 0) is 0 Å². The SMILES string of the molecule is COc1ccc(-c2cc(=O)c3c(=O)n(Br)c(C)cc3o2)cc1. The summed E-state index contributed by atoms with van der Waals surface area (Å²) in [4.78, 5) is 24.4. The second-order valence-corrected chi connectivity index (χ2v) is 5.52. The molecule has 0 fully saturated rings. The lowest BCUT2D eigenvalue weighted by Gasteiger charge is -2.06. The molecule has 0 saturated carbocycles. The van der Waals surface area contributed by atoms with E-state index in [1.165, 1.54) is 9.66 Å². The predicted molar refractivity (Wildman–Crippen MR) is 87.8 cm³/mol. The van der Waals surface area contributed by atoms with Gasteiger partial charge < -0.3 is 9.15 Å². The first-order valence-corrected chi connectivity index (χ1v) is 7.23. The average Bonchev–Trinajstić information content (AvgIpc) is 2.52. The highest BCUT2D eigenvalue weighted by Gasteiger charge is 2.13. The van der Waals surface area contributed by atoms with E-state index in [1.54, 1.807) is 44.4 Å². The average molecular weight is 362 g/mol. The van der Waals surface area contributed by atoms with Crippen molar-refractivity contribution in [2.24, 2.45) is 0 Å². The lowest BCUT2D eigenvalue weighted by atomic mass is 10.1. The van der Waals surface area contributed by atoms with Crippen LogP contribution in [0.25, 0.3) is 22.3 Å². The van der Waals surface area contributed by atoms with Crippen molar-refractivity contribution >= 4 is 27.1 Å². The molecule has 6 heteroatoms. The van der Waals surface area contributed by atoms with E-state index in [9.17, 15) is 9.59 Å². The minimum atomic E-state index is -0.426. The van der Waals surface area contributed by atoms with E-state index in [1.807, 2.05) is 0 Å². The van der Waals surface area contributed by atoms with Gasteiger partial charge in [-0.25, -0.2) is 3.59 Å². The number of ether oxygens (including phenoxy) is 1. The van der Waals surface area contributed by atoms with Crippen LogP contribution in [0.4, 0.5) is 0 Å². The fourth-order valence-corrected chi connectivity index (χ4v) is 2.51. The summed E-state index contributed by atoms with van der Waals surface area (Å²) >= 11 is 3.12. The van der Waals surface area contributed by atoms with Crippen molar-refractivity contribution in [1.82, 2.24) is 3.59 Å². The molecule has 0 bridgehead atoms. The summed E-state index contributed by atoms with van der Waals surface area (Å²) < 4.78 is 12.1. The third kappa shape index (κ3) is 2.35. The molecule has 0 atom stereocenters. The molecule has 3 aromatic rings. The zero-order chi connectivity index (χ0) is 15.9. The van der Waals surface area contributed by atoms with Crippen LogP contribution in [0.2, 0.25) is 0 Å². The molecule has 0 aliphatic heterocycles. The van der Waals surface area contributed by atoms with Crippen molar-refractivity contribution < 1.29 is 9.15 Å². The second kappa shape index (κ2) is 5.46. The summed E-state index contributed by atoms with van der Waals surface area (Å²) in [5.41, 5.74) is 0.861. The van der Waals surface area contributed by atoms with Crippen LogP contribution in [-0.4, -0.2) is 10.7 Å². The van der Waals surface area contributed by atoms with Gasteiger partial charge in [-0.2, -0.15) is 0 Å². The minimum absolute atomic E-state index is 0.0275. The second-order valence-electron chi connectivity index (χ2n) is 4.81. The van der Waals surface area contributed by atoms with Gasteiger partial charge in [0, 0.05) is 23.4 Å². The van der Waals surface area contributed by atoms with Crippen molar-refractivity contribution in [1.29, 1.82) is 0 Å². The van der Waals surface area contributed by atoms with E-state index in [0.717, 1.165) is 5.56 Å². The van der Waals surface area contributed by atoms with E-state index in [4.69, 9.17) is 9.15 Å². The number of aryl methyl sites for hydroxylation is 1. The van der Waals surface area contributed by atoms with Crippen LogP contribution in [0, 0.1) is 6.92 Å². The molecule has 0 unspecified atom stereocenters. The summed E-state index contributed by atoms with van der Waals surface area (Å²) in [5, 5.41) is 0.0275. The molecule has 0 radical (unpaired) electrons. The third-order valence-electron chi connectivity index (χ3n) is 3.39. The Kier molecular flexibility index (Phi) is 3.62. The molecule has 1 aromatic carbocycles. The lowest BCUT2D eigenvalue weighted by Crippen LogP contribution is -2.20. The monoisotopic (exact) mass is 361 g/mol. The highest BCUT2D eigenvalue weighted by Crippen LogP contribution is 2.24. The highest BCUT2D eigenvalue weighted by molar-refractivity contribution is 9.08. The summed E-state index contributed by atoms with van der Waals surface area (Å²) in [5.74, 6) is 1.12. The minimum Gasteiger partial charge on any atom is -0.497 e. The number of hydrogen-bond acceptors (Lipinski definition) is 4. The lowest BCUT2D eigenvalue weighted by molar-refractivity contribution is 0.415. The third-order valence-corrected chi connectivity index (χ3v) is 4.27. The Bertz CT molecular complexity index is 970. The fraction of sp³-hybridized carbons (Fsp3) is 0.125. The topological polar surface area (TPSA) is 61.4 Å². The number of methoxy groups -OCH3 is 1. The Labute approximate surface area is 134 Å². The van der Waals surface area contributed by atoms with Gasteiger partial charge in [0.1, 0.15) is 22.5 Å². The van der Waals surface area contributed by atoms with E-state index in [2.05, 4.69) is 16.1 Å². The molecule has 0 aliphatic rings. The number of hydrogen-bond donors (Lipinski definition) is 0. The molecule has 0 aliphatic carbocycles. The first-order chi connectivity index (χ1) is 10.5. The number of halogens is 1. The van der Waals surface area contributed by atoms with Gasteiger partial charge in [0.15, 0.2) is 5.43 Å². The summed E-state index contributed by atoms with van der Waals surface area (Å²) in [6, 6.07) is 10.1. The largest absolute Gasteiger partial charge is 0.497 e. The molecule has 0 saturated heterocycles. The Balaban J connectivity index is 2.27. The molecular weight excluding hydrogens is 350 g/mol. The molecule has 112 valence electrons. The molecule has 22 heavy (non-hydrogen) atoms. The smallest absolute Gasteiger partial charge is 0.275 e. The first kappa shape index (κ1) is 14.6. The number of rotatable bonds is 2. The Morgan fingerprint density at radius 3 is 2.45 bits per heavy atom. The van der Waals surface area contributed by atoms with E-state index in [-0.39, 0.29) is 16.4 Å². The summed E-state index contributed by atoms with van der Waals surface area (Å²) in [6.45, 7) is 1.75. The van der Waals surface area contributed by atoms with E-state index >= 15 is 0 Å². The zero-order valence-corrected chi connectivity index (χ0v) is 13.5. The predicted octanol–water partition coefficient (Wildman–Crippen LogP) is 3.10. The summed E-state index contributed by atoms with van der Waals surface area (Å²) in [6.07, 6.45) is 0. The molecule has 0 N–H and O–H groups in total. The number of benzene rings is 1. The van der Waals surface area contributed by atoms with Crippen molar-refractivity contribution in [3.05, 3.63) is 62.7 Å². The maximum atomic E-state index is 12.3. The molecule has 3 rings (SSSR count). The maximum Gasteiger partial charge on any atom is 0.275 e. The van der Waals surface area contributed by atoms with Gasteiger partial charge in [-0.1, -0.05) is 0 Å². The van der Waals surface area contributed by atoms with Crippen molar-refractivity contribution in [2.45, 2.75) is 6.92 Å². The maximum absolute atomic E-state index is 12.3. The zero-order valence-electron chi connectivity index (χ0n) is 11.9.